The third kappa shape index (κ3) is 3.04. The largest absolute Gasteiger partial charge is 0.378 e. The summed E-state index contributed by atoms with van der Waals surface area (Å²) in [6.45, 7) is 0.0109. The van der Waals surface area contributed by atoms with Gasteiger partial charge in [-0.1, -0.05) is 15.9 Å². The van der Waals surface area contributed by atoms with E-state index in [1.54, 1.807) is 6.07 Å². The van der Waals surface area contributed by atoms with Crippen molar-refractivity contribution >= 4 is 21.6 Å². The molecule has 0 saturated heterocycles. The minimum atomic E-state index is -0.528. The van der Waals surface area contributed by atoms with E-state index in [-0.39, 0.29) is 17.8 Å². The summed E-state index contributed by atoms with van der Waals surface area (Å²) >= 11 is 3.21. The molecule has 18 heavy (non-hydrogen) atoms. The molecule has 0 fully saturated rings. The standard InChI is InChI=1S/C13H9BrF3N/c14-9-1-3-12(17)13(6-9)18-7-8-5-10(15)2-4-11(8)16/h1-6,18H,7H2. The van der Waals surface area contributed by atoms with Crippen molar-refractivity contribution in [1.82, 2.24) is 0 Å². The molecule has 2 rings (SSSR count). The van der Waals surface area contributed by atoms with Gasteiger partial charge in [-0.05, 0) is 36.4 Å². The lowest BCUT2D eigenvalue weighted by atomic mass is 10.2. The molecule has 0 spiro atoms. The van der Waals surface area contributed by atoms with Crippen LogP contribution in [0.25, 0.3) is 0 Å². The van der Waals surface area contributed by atoms with Gasteiger partial charge in [-0.2, -0.15) is 0 Å². The fourth-order valence-electron chi connectivity index (χ4n) is 1.50. The summed E-state index contributed by atoms with van der Waals surface area (Å²) in [5.74, 6) is -1.50. The lowest BCUT2D eigenvalue weighted by Gasteiger charge is -2.09. The quantitative estimate of drug-likeness (QED) is 0.880. The van der Waals surface area contributed by atoms with Crippen LogP contribution in [0.3, 0.4) is 0 Å². The van der Waals surface area contributed by atoms with E-state index < -0.39 is 17.5 Å². The van der Waals surface area contributed by atoms with Crippen LogP contribution in [0.5, 0.6) is 0 Å². The Balaban J connectivity index is 2.16. The first-order chi connectivity index (χ1) is 8.56. The van der Waals surface area contributed by atoms with Gasteiger partial charge in [0.15, 0.2) is 0 Å². The van der Waals surface area contributed by atoms with Gasteiger partial charge in [-0.25, -0.2) is 13.2 Å². The number of halogens is 4. The molecule has 0 heterocycles. The third-order valence-electron chi connectivity index (χ3n) is 2.41. The highest BCUT2D eigenvalue weighted by Crippen LogP contribution is 2.21. The SMILES string of the molecule is Fc1ccc(F)c(CNc2cc(Br)ccc2F)c1. The Morgan fingerprint density at radius 1 is 0.944 bits per heavy atom. The summed E-state index contributed by atoms with van der Waals surface area (Å²) < 4.78 is 40.4. The maximum Gasteiger partial charge on any atom is 0.146 e. The Morgan fingerprint density at radius 2 is 1.67 bits per heavy atom. The Bertz CT molecular complexity index is 521. The maximum atomic E-state index is 13.4. The molecule has 1 nitrogen and oxygen atoms in total. The average molecular weight is 316 g/mol. The second kappa shape index (κ2) is 5.44. The second-order valence-electron chi connectivity index (χ2n) is 3.71. The molecule has 0 unspecified atom stereocenters. The first-order valence-electron chi connectivity index (χ1n) is 5.19. The molecule has 0 bridgehead atoms. The van der Waals surface area contributed by atoms with Crippen molar-refractivity contribution in [2.24, 2.45) is 0 Å². The Morgan fingerprint density at radius 3 is 2.44 bits per heavy atom. The van der Waals surface area contributed by atoms with Crippen LogP contribution in [0.15, 0.2) is 40.9 Å². The normalized spacial score (nSPS) is 10.4. The number of rotatable bonds is 3. The van der Waals surface area contributed by atoms with E-state index in [0.717, 1.165) is 18.2 Å². The summed E-state index contributed by atoms with van der Waals surface area (Å²) in [6, 6.07) is 7.55. The van der Waals surface area contributed by atoms with Gasteiger partial charge in [-0.3, -0.25) is 0 Å². The molecule has 2 aromatic rings. The van der Waals surface area contributed by atoms with Gasteiger partial charge in [-0.15, -0.1) is 0 Å². The number of nitrogens with one attached hydrogen (secondary N) is 1. The van der Waals surface area contributed by atoms with Gasteiger partial charge in [0.2, 0.25) is 0 Å². The molecule has 1 N–H and O–H groups in total. The average Bonchev–Trinajstić information content (AvgIpc) is 2.34. The Labute approximate surface area is 111 Å². The summed E-state index contributed by atoms with van der Waals surface area (Å²) in [5, 5.41) is 2.73. The van der Waals surface area contributed by atoms with Crippen molar-refractivity contribution in [2.45, 2.75) is 6.54 Å². The lowest BCUT2D eigenvalue weighted by Crippen LogP contribution is -2.04. The predicted molar refractivity (Wildman–Crippen MR) is 67.8 cm³/mol. The van der Waals surface area contributed by atoms with Crippen molar-refractivity contribution in [2.75, 3.05) is 5.32 Å². The summed E-state index contributed by atoms with van der Waals surface area (Å²) in [6.07, 6.45) is 0. The van der Waals surface area contributed by atoms with E-state index in [4.69, 9.17) is 0 Å². The zero-order chi connectivity index (χ0) is 13.1. The van der Waals surface area contributed by atoms with Crippen molar-refractivity contribution < 1.29 is 13.2 Å². The van der Waals surface area contributed by atoms with Crippen molar-refractivity contribution in [3.05, 3.63) is 63.9 Å². The molecule has 94 valence electrons. The minimum Gasteiger partial charge on any atom is -0.378 e. The van der Waals surface area contributed by atoms with Crippen LogP contribution in [0.2, 0.25) is 0 Å². The fraction of sp³-hybridized carbons (Fsp3) is 0.0769. The smallest absolute Gasteiger partial charge is 0.146 e. The second-order valence-corrected chi connectivity index (χ2v) is 4.63. The molecule has 0 atom stereocenters. The monoisotopic (exact) mass is 315 g/mol. The molecule has 0 saturated carbocycles. The maximum absolute atomic E-state index is 13.4. The molecule has 0 amide bonds. The molecule has 0 aliphatic heterocycles. The minimum absolute atomic E-state index is 0.0109. The number of anilines is 1. The third-order valence-corrected chi connectivity index (χ3v) is 2.90. The molecule has 2 aromatic carbocycles. The van der Waals surface area contributed by atoms with Gasteiger partial charge >= 0.3 is 0 Å². The first kappa shape index (κ1) is 13.0. The van der Waals surface area contributed by atoms with Crippen molar-refractivity contribution in [3.63, 3.8) is 0 Å². The van der Waals surface area contributed by atoms with Gasteiger partial charge < -0.3 is 5.32 Å². The summed E-state index contributed by atoms with van der Waals surface area (Å²) in [5.41, 5.74) is 0.377. The summed E-state index contributed by atoms with van der Waals surface area (Å²) in [7, 11) is 0. The zero-order valence-electron chi connectivity index (χ0n) is 9.18. The highest BCUT2D eigenvalue weighted by atomic mass is 79.9. The molecule has 5 heteroatoms. The van der Waals surface area contributed by atoms with Crippen LogP contribution in [0.1, 0.15) is 5.56 Å². The Hall–Kier alpha value is -1.49. The molecule has 0 aliphatic carbocycles. The molecular formula is C13H9BrF3N. The first-order valence-corrected chi connectivity index (χ1v) is 5.98. The van der Waals surface area contributed by atoms with E-state index in [1.807, 2.05) is 0 Å². The van der Waals surface area contributed by atoms with Gasteiger partial charge in [0.05, 0.1) is 5.69 Å². The fourth-order valence-corrected chi connectivity index (χ4v) is 1.86. The number of benzene rings is 2. The topological polar surface area (TPSA) is 12.0 Å². The predicted octanol–water partition coefficient (Wildman–Crippen LogP) is 4.48. The lowest BCUT2D eigenvalue weighted by molar-refractivity contribution is 0.587. The molecule has 0 aromatic heterocycles. The molecule has 0 radical (unpaired) electrons. The molecule has 0 aliphatic rings. The van der Waals surface area contributed by atoms with Crippen LogP contribution in [-0.4, -0.2) is 0 Å². The van der Waals surface area contributed by atoms with E-state index in [1.165, 1.54) is 12.1 Å². The number of hydrogen-bond acceptors (Lipinski definition) is 1. The van der Waals surface area contributed by atoms with E-state index in [9.17, 15) is 13.2 Å². The Kier molecular flexibility index (Phi) is 3.91. The van der Waals surface area contributed by atoms with Crippen molar-refractivity contribution in [3.8, 4) is 0 Å². The summed E-state index contributed by atoms with van der Waals surface area (Å²) in [4.78, 5) is 0. The van der Waals surface area contributed by atoms with Gasteiger partial charge in [0.1, 0.15) is 17.5 Å². The van der Waals surface area contributed by atoms with Gasteiger partial charge in [0, 0.05) is 16.6 Å². The highest BCUT2D eigenvalue weighted by molar-refractivity contribution is 9.10. The molecular weight excluding hydrogens is 307 g/mol. The van der Waals surface area contributed by atoms with E-state index >= 15 is 0 Å². The van der Waals surface area contributed by atoms with Crippen LogP contribution < -0.4 is 5.32 Å². The van der Waals surface area contributed by atoms with Crippen LogP contribution in [0, 0.1) is 17.5 Å². The van der Waals surface area contributed by atoms with E-state index in [0.29, 0.717) is 4.47 Å². The number of hydrogen-bond donors (Lipinski definition) is 1. The van der Waals surface area contributed by atoms with Crippen LogP contribution >= 0.6 is 15.9 Å². The van der Waals surface area contributed by atoms with Crippen LogP contribution in [0.4, 0.5) is 18.9 Å². The van der Waals surface area contributed by atoms with E-state index in [2.05, 4.69) is 21.2 Å². The zero-order valence-corrected chi connectivity index (χ0v) is 10.8. The van der Waals surface area contributed by atoms with Crippen molar-refractivity contribution in [1.29, 1.82) is 0 Å². The highest BCUT2D eigenvalue weighted by Gasteiger charge is 2.06. The van der Waals surface area contributed by atoms with Gasteiger partial charge in [0.25, 0.3) is 0 Å². The van der Waals surface area contributed by atoms with Crippen LogP contribution in [-0.2, 0) is 6.54 Å².